The number of hydrogen-bond donors (Lipinski definition) is 0. The molecule has 0 heterocycles. The Hall–Kier alpha value is -0.830. The summed E-state index contributed by atoms with van der Waals surface area (Å²) in [6.07, 6.45) is 2.60. The standard InChI is InChI=1S/C12H17F3O2S/c1-3-4-5-6-7-10(11(16)17-2)18-9-8-12(13,14)15/h1,10H,4-9H2,2H3. The average molecular weight is 282 g/mol. The van der Waals surface area contributed by atoms with Crippen molar-refractivity contribution in [2.24, 2.45) is 0 Å². The van der Waals surface area contributed by atoms with Crippen molar-refractivity contribution in [2.45, 2.75) is 43.5 Å². The lowest BCUT2D eigenvalue weighted by atomic mass is 10.1. The van der Waals surface area contributed by atoms with Gasteiger partial charge in [-0.05, 0) is 12.8 Å². The molecule has 0 aromatic carbocycles. The van der Waals surface area contributed by atoms with Crippen LogP contribution in [0.25, 0.3) is 0 Å². The van der Waals surface area contributed by atoms with E-state index < -0.39 is 23.8 Å². The van der Waals surface area contributed by atoms with Crippen LogP contribution in [0, 0.1) is 12.3 Å². The summed E-state index contributed by atoms with van der Waals surface area (Å²) >= 11 is 0.993. The Kier molecular flexibility index (Phi) is 8.73. The van der Waals surface area contributed by atoms with Crippen molar-refractivity contribution in [3.63, 3.8) is 0 Å². The van der Waals surface area contributed by atoms with Crippen molar-refractivity contribution in [1.29, 1.82) is 0 Å². The van der Waals surface area contributed by atoms with Crippen LogP contribution in [0.2, 0.25) is 0 Å². The Morgan fingerprint density at radius 3 is 2.61 bits per heavy atom. The summed E-state index contributed by atoms with van der Waals surface area (Å²) < 4.78 is 40.5. The normalized spacial score (nSPS) is 12.8. The lowest BCUT2D eigenvalue weighted by molar-refractivity contribution is -0.140. The van der Waals surface area contributed by atoms with Gasteiger partial charge in [0.1, 0.15) is 5.25 Å². The van der Waals surface area contributed by atoms with Gasteiger partial charge in [0.25, 0.3) is 0 Å². The van der Waals surface area contributed by atoms with Gasteiger partial charge >= 0.3 is 12.1 Å². The van der Waals surface area contributed by atoms with E-state index in [1.54, 1.807) is 0 Å². The first kappa shape index (κ1) is 17.2. The van der Waals surface area contributed by atoms with E-state index in [0.29, 0.717) is 19.3 Å². The molecule has 0 saturated carbocycles. The molecule has 0 rings (SSSR count). The summed E-state index contributed by atoms with van der Waals surface area (Å²) in [5.74, 6) is 1.88. The van der Waals surface area contributed by atoms with E-state index >= 15 is 0 Å². The van der Waals surface area contributed by atoms with Crippen LogP contribution in [0.5, 0.6) is 0 Å². The monoisotopic (exact) mass is 282 g/mol. The maximum Gasteiger partial charge on any atom is 0.389 e. The fourth-order valence-electron chi connectivity index (χ4n) is 1.27. The number of rotatable bonds is 8. The van der Waals surface area contributed by atoms with Gasteiger partial charge in [-0.25, -0.2) is 0 Å². The Labute approximate surface area is 110 Å². The predicted octanol–water partition coefficient (Wildman–Crippen LogP) is 3.41. The third kappa shape index (κ3) is 9.23. The number of unbranched alkanes of at least 4 members (excludes halogenated alkanes) is 2. The van der Waals surface area contributed by atoms with Gasteiger partial charge in [0.05, 0.1) is 13.5 Å². The van der Waals surface area contributed by atoms with Crippen LogP contribution >= 0.6 is 11.8 Å². The second-order valence-corrected chi connectivity index (χ2v) is 5.01. The molecule has 1 unspecified atom stereocenters. The first-order valence-electron chi connectivity index (χ1n) is 5.60. The van der Waals surface area contributed by atoms with E-state index in [0.717, 1.165) is 18.2 Å². The zero-order valence-electron chi connectivity index (χ0n) is 10.3. The Balaban J connectivity index is 4.00. The third-order valence-corrected chi connectivity index (χ3v) is 3.48. The molecular weight excluding hydrogens is 265 g/mol. The number of halogens is 3. The minimum Gasteiger partial charge on any atom is -0.468 e. The van der Waals surface area contributed by atoms with Crippen LogP contribution in [0.3, 0.4) is 0 Å². The molecule has 0 bridgehead atoms. The second-order valence-electron chi connectivity index (χ2n) is 3.70. The van der Waals surface area contributed by atoms with Crippen LogP contribution in [-0.4, -0.2) is 30.3 Å². The number of thioether (sulfide) groups is 1. The van der Waals surface area contributed by atoms with Gasteiger partial charge in [-0.1, -0.05) is 6.42 Å². The second kappa shape index (κ2) is 9.15. The summed E-state index contributed by atoms with van der Waals surface area (Å²) in [6, 6.07) is 0. The molecule has 0 aromatic rings. The number of carbonyl (C=O) groups excluding carboxylic acids is 1. The van der Waals surface area contributed by atoms with Gasteiger partial charge in [0, 0.05) is 12.2 Å². The molecule has 0 saturated heterocycles. The van der Waals surface area contributed by atoms with Crippen LogP contribution in [0.15, 0.2) is 0 Å². The van der Waals surface area contributed by atoms with Gasteiger partial charge in [0.2, 0.25) is 0 Å². The first-order valence-corrected chi connectivity index (χ1v) is 6.65. The molecule has 0 amide bonds. The molecule has 1 atom stereocenters. The summed E-state index contributed by atoms with van der Waals surface area (Å²) in [4.78, 5) is 11.4. The fourth-order valence-corrected chi connectivity index (χ4v) is 2.47. The molecule has 0 aromatic heterocycles. The van der Waals surface area contributed by atoms with E-state index in [2.05, 4.69) is 10.7 Å². The van der Waals surface area contributed by atoms with Crippen LogP contribution in [0.1, 0.15) is 32.1 Å². The number of carbonyl (C=O) groups is 1. The number of alkyl halides is 3. The summed E-state index contributed by atoms with van der Waals surface area (Å²) in [5.41, 5.74) is 0. The first-order chi connectivity index (χ1) is 8.40. The van der Waals surface area contributed by atoms with E-state index in [4.69, 9.17) is 6.42 Å². The Morgan fingerprint density at radius 2 is 2.11 bits per heavy atom. The molecule has 18 heavy (non-hydrogen) atoms. The highest BCUT2D eigenvalue weighted by atomic mass is 32.2. The van der Waals surface area contributed by atoms with Crippen molar-refractivity contribution in [1.82, 2.24) is 0 Å². The molecule has 0 N–H and O–H groups in total. The predicted molar refractivity (Wildman–Crippen MR) is 66.2 cm³/mol. The van der Waals surface area contributed by atoms with E-state index in [-0.39, 0.29) is 5.75 Å². The van der Waals surface area contributed by atoms with Crippen molar-refractivity contribution in [3.8, 4) is 12.3 Å². The van der Waals surface area contributed by atoms with Gasteiger partial charge in [-0.3, -0.25) is 4.79 Å². The maximum atomic E-state index is 12.0. The minimum atomic E-state index is -4.18. The maximum absolute atomic E-state index is 12.0. The number of esters is 1. The molecule has 0 fully saturated rings. The number of methoxy groups -OCH3 is 1. The average Bonchev–Trinajstić information content (AvgIpc) is 2.29. The largest absolute Gasteiger partial charge is 0.468 e. The molecule has 104 valence electrons. The number of terminal acetylenes is 1. The van der Waals surface area contributed by atoms with Crippen molar-refractivity contribution < 1.29 is 22.7 Å². The Morgan fingerprint density at radius 1 is 1.44 bits per heavy atom. The molecule has 2 nitrogen and oxygen atoms in total. The zero-order valence-corrected chi connectivity index (χ0v) is 11.1. The molecular formula is C12H17F3O2S. The highest BCUT2D eigenvalue weighted by molar-refractivity contribution is 8.00. The summed E-state index contributed by atoms with van der Waals surface area (Å²) in [5, 5.41) is -0.532. The molecule has 6 heteroatoms. The lowest BCUT2D eigenvalue weighted by Gasteiger charge is -2.14. The molecule has 0 aliphatic carbocycles. The molecule has 0 aliphatic heterocycles. The van der Waals surface area contributed by atoms with Crippen molar-refractivity contribution in [2.75, 3.05) is 12.9 Å². The van der Waals surface area contributed by atoms with Crippen LogP contribution < -0.4 is 0 Å². The topological polar surface area (TPSA) is 26.3 Å². The number of hydrogen-bond acceptors (Lipinski definition) is 3. The van der Waals surface area contributed by atoms with Crippen LogP contribution in [-0.2, 0) is 9.53 Å². The van der Waals surface area contributed by atoms with Crippen LogP contribution in [0.4, 0.5) is 13.2 Å². The number of ether oxygens (including phenoxy) is 1. The minimum absolute atomic E-state index is 0.127. The molecule has 0 radical (unpaired) electrons. The van der Waals surface area contributed by atoms with E-state index in [9.17, 15) is 18.0 Å². The Bertz CT molecular complexity index is 284. The smallest absolute Gasteiger partial charge is 0.389 e. The highest BCUT2D eigenvalue weighted by Crippen LogP contribution is 2.26. The van der Waals surface area contributed by atoms with Gasteiger partial charge in [0.15, 0.2) is 0 Å². The van der Waals surface area contributed by atoms with Crippen molar-refractivity contribution in [3.05, 3.63) is 0 Å². The van der Waals surface area contributed by atoms with Gasteiger partial charge in [-0.15, -0.1) is 24.1 Å². The SMILES string of the molecule is C#CCCCCC(SCCC(F)(F)F)C(=O)OC. The van der Waals surface area contributed by atoms with E-state index in [1.165, 1.54) is 7.11 Å². The highest BCUT2D eigenvalue weighted by Gasteiger charge is 2.28. The van der Waals surface area contributed by atoms with E-state index in [1.807, 2.05) is 0 Å². The zero-order chi connectivity index (χ0) is 14.0. The molecule has 0 spiro atoms. The summed E-state index contributed by atoms with van der Waals surface area (Å²) in [6.45, 7) is 0. The fraction of sp³-hybridized carbons (Fsp3) is 0.750. The van der Waals surface area contributed by atoms with Crippen molar-refractivity contribution >= 4 is 17.7 Å². The van der Waals surface area contributed by atoms with Gasteiger partial charge in [-0.2, -0.15) is 13.2 Å². The lowest BCUT2D eigenvalue weighted by Crippen LogP contribution is -2.20. The van der Waals surface area contributed by atoms with Gasteiger partial charge < -0.3 is 4.74 Å². The quantitative estimate of drug-likeness (QED) is 0.388. The molecule has 0 aliphatic rings. The third-order valence-electron chi connectivity index (χ3n) is 2.21. The summed E-state index contributed by atoms with van der Waals surface area (Å²) in [7, 11) is 1.24.